The van der Waals surface area contributed by atoms with Crippen LogP contribution in [0.25, 0.3) is 11.1 Å². The maximum atomic E-state index is 13.0. The lowest BCUT2D eigenvalue weighted by Gasteiger charge is -2.12. The van der Waals surface area contributed by atoms with Crippen molar-refractivity contribution in [3.8, 4) is 11.1 Å². The summed E-state index contributed by atoms with van der Waals surface area (Å²) < 4.78 is 38.9. The molecule has 0 atom stereocenters. The molecule has 0 N–H and O–H groups in total. The summed E-state index contributed by atoms with van der Waals surface area (Å²) in [7, 11) is 0. The normalized spacial score (nSPS) is 11.7. The predicted molar refractivity (Wildman–Crippen MR) is 71.5 cm³/mol. The Morgan fingerprint density at radius 1 is 1.15 bits per heavy atom. The quantitative estimate of drug-likeness (QED) is 0.816. The second-order valence-corrected chi connectivity index (χ2v) is 4.76. The molecule has 0 spiro atoms. The monoisotopic (exact) mass is 300 g/mol. The van der Waals surface area contributed by atoms with E-state index in [0.29, 0.717) is 5.56 Å². The van der Waals surface area contributed by atoms with Crippen LogP contribution < -0.4 is 0 Å². The van der Waals surface area contributed by atoms with Crippen molar-refractivity contribution in [2.24, 2.45) is 0 Å². The first-order valence-corrected chi connectivity index (χ1v) is 6.49. The van der Waals surface area contributed by atoms with Gasteiger partial charge in [0.15, 0.2) is 10.8 Å². The first-order chi connectivity index (χ1) is 9.41. The van der Waals surface area contributed by atoms with E-state index >= 15 is 0 Å². The number of hydrogen-bond donors (Lipinski definition) is 0. The van der Waals surface area contributed by atoms with E-state index in [-0.39, 0.29) is 10.7 Å². The molecule has 1 aromatic carbocycles. The highest BCUT2D eigenvalue weighted by Crippen LogP contribution is 2.36. The summed E-state index contributed by atoms with van der Waals surface area (Å²) in [5.74, 6) is 0. The van der Waals surface area contributed by atoms with E-state index < -0.39 is 11.9 Å². The zero-order chi connectivity index (χ0) is 14.8. The molecule has 106 valence electrons. The molecule has 0 amide bonds. The molecular weight excluding hydrogens is 289 g/mol. The summed E-state index contributed by atoms with van der Waals surface area (Å²) in [6.07, 6.45) is -2.83. The van der Waals surface area contributed by atoms with Gasteiger partial charge in [0.05, 0.1) is 0 Å². The lowest BCUT2D eigenvalue weighted by Crippen LogP contribution is -2.11. The molecule has 1 aromatic heterocycles. The van der Waals surface area contributed by atoms with Crippen LogP contribution in [0.3, 0.4) is 0 Å². The molecular formula is C14H12ClF3N2. The number of benzene rings is 1. The number of hydrogen-bond acceptors (Lipinski definition) is 2. The van der Waals surface area contributed by atoms with E-state index in [9.17, 15) is 13.2 Å². The second kappa shape index (κ2) is 5.79. The average molecular weight is 301 g/mol. The van der Waals surface area contributed by atoms with Gasteiger partial charge >= 0.3 is 6.18 Å². The van der Waals surface area contributed by atoms with E-state index in [2.05, 4.69) is 10.2 Å². The molecule has 2 nitrogen and oxygen atoms in total. The maximum absolute atomic E-state index is 13.0. The molecule has 0 aliphatic rings. The average Bonchev–Trinajstić information content (AvgIpc) is 2.38. The minimum Gasteiger partial charge on any atom is -0.164 e. The molecule has 6 heteroatoms. The number of rotatable bonds is 3. The van der Waals surface area contributed by atoms with Gasteiger partial charge in [0.2, 0.25) is 0 Å². The molecule has 2 rings (SSSR count). The highest BCUT2D eigenvalue weighted by atomic mass is 35.5. The lowest BCUT2D eigenvalue weighted by molar-refractivity contribution is -0.141. The van der Waals surface area contributed by atoms with Gasteiger partial charge in [0.1, 0.15) is 0 Å². The third-order valence-electron chi connectivity index (χ3n) is 2.81. The Morgan fingerprint density at radius 2 is 1.90 bits per heavy atom. The van der Waals surface area contributed by atoms with E-state index in [1.54, 1.807) is 18.2 Å². The summed E-state index contributed by atoms with van der Waals surface area (Å²) in [5.41, 5.74) is 0.358. The van der Waals surface area contributed by atoms with E-state index in [0.717, 1.165) is 18.4 Å². The van der Waals surface area contributed by atoms with Gasteiger partial charge in [-0.3, -0.25) is 0 Å². The summed E-state index contributed by atoms with van der Waals surface area (Å²) in [4.78, 5) is 0. The minimum atomic E-state index is -4.56. The van der Waals surface area contributed by atoms with Gasteiger partial charge in [-0.05, 0) is 23.6 Å². The van der Waals surface area contributed by atoms with Crippen molar-refractivity contribution in [1.82, 2.24) is 10.2 Å². The highest BCUT2D eigenvalue weighted by Gasteiger charge is 2.36. The summed E-state index contributed by atoms with van der Waals surface area (Å²) in [6.45, 7) is 2.01. The molecule has 1 heterocycles. The van der Waals surface area contributed by atoms with Crippen LogP contribution in [0.1, 0.15) is 24.6 Å². The molecule has 2 aromatic rings. The Kier molecular flexibility index (Phi) is 4.28. The second-order valence-electron chi connectivity index (χ2n) is 4.38. The van der Waals surface area contributed by atoms with Crippen molar-refractivity contribution in [2.75, 3.05) is 0 Å². The van der Waals surface area contributed by atoms with Gasteiger partial charge in [-0.2, -0.15) is 13.2 Å². The summed E-state index contributed by atoms with van der Waals surface area (Å²) in [5, 5.41) is 6.42. The number of nitrogens with zero attached hydrogens (tertiary/aromatic N) is 2. The van der Waals surface area contributed by atoms with E-state index in [1.165, 1.54) is 6.07 Å². The number of halogens is 4. The lowest BCUT2D eigenvalue weighted by atomic mass is 10.0. The van der Waals surface area contributed by atoms with Crippen molar-refractivity contribution in [2.45, 2.75) is 25.9 Å². The molecule has 0 radical (unpaired) electrons. The fourth-order valence-corrected chi connectivity index (χ4v) is 2.13. The van der Waals surface area contributed by atoms with Crippen LogP contribution in [0, 0.1) is 0 Å². The van der Waals surface area contributed by atoms with Crippen molar-refractivity contribution < 1.29 is 13.2 Å². The fraction of sp³-hybridized carbons (Fsp3) is 0.286. The van der Waals surface area contributed by atoms with Crippen LogP contribution in [0.2, 0.25) is 5.15 Å². The molecule has 0 fully saturated rings. The minimum absolute atomic E-state index is 0.0459. The molecule has 20 heavy (non-hydrogen) atoms. The first-order valence-electron chi connectivity index (χ1n) is 6.11. The third kappa shape index (κ3) is 3.28. The van der Waals surface area contributed by atoms with Gasteiger partial charge in [0.25, 0.3) is 0 Å². The van der Waals surface area contributed by atoms with Crippen LogP contribution >= 0.6 is 11.6 Å². The van der Waals surface area contributed by atoms with Gasteiger partial charge in [-0.25, -0.2) is 0 Å². The smallest absolute Gasteiger partial charge is 0.164 e. The molecule has 0 unspecified atom stereocenters. The van der Waals surface area contributed by atoms with Crippen LogP contribution in [0.15, 0.2) is 30.3 Å². The Morgan fingerprint density at radius 3 is 2.55 bits per heavy atom. The topological polar surface area (TPSA) is 25.8 Å². The maximum Gasteiger partial charge on any atom is 0.435 e. The summed E-state index contributed by atoms with van der Waals surface area (Å²) in [6, 6.07) is 8.15. The highest BCUT2D eigenvalue weighted by molar-refractivity contribution is 6.29. The van der Waals surface area contributed by atoms with Crippen LogP contribution in [-0.4, -0.2) is 10.2 Å². The van der Waals surface area contributed by atoms with Gasteiger partial charge < -0.3 is 0 Å². The first kappa shape index (κ1) is 14.8. The SMILES string of the molecule is CCCc1cccc(-c2cc(Cl)nnc2C(F)(F)F)c1. The number of alkyl halides is 3. The Labute approximate surface area is 119 Å². The van der Waals surface area contributed by atoms with Gasteiger partial charge in [-0.15, -0.1) is 10.2 Å². The number of aryl methyl sites for hydroxylation is 1. The van der Waals surface area contributed by atoms with Crippen molar-refractivity contribution >= 4 is 11.6 Å². The standard InChI is InChI=1S/C14H12ClF3N2/c1-2-4-9-5-3-6-10(7-9)11-8-12(15)19-20-13(11)14(16,17)18/h3,5-8H,2,4H2,1H3. The van der Waals surface area contributed by atoms with Crippen LogP contribution in [-0.2, 0) is 12.6 Å². The van der Waals surface area contributed by atoms with Gasteiger partial charge in [0, 0.05) is 5.56 Å². The largest absolute Gasteiger partial charge is 0.435 e. The predicted octanol–water partition coefficient (Wildman–Crippen LogP) is 4.77. The fourth-order valence-electron chi connectivity index (χ4n) is 1.98. The zero-order valence-electron chi connectivity index (χ0n) is 10.7. The van der Waals surface area contributed by atoms with E-state index in [4.69, 9.17) is 11.6 Å². The molecule has 0 aliphatic carbocycles. The van der Waals surface area contributed by atoms with Crippen molar-refractivity contribution in [3.05, 3.63) is 46.7 Å². The molecule has 0 saturated carbocycles. The number of aromatic nitrogens is 2. The zero-order valence-corrected chi connectivity index (χ0v) is 11.5. The van der Waals surface area contributed by atoms with Crippen molar-refractivity contribution in [3.63, 3.8) is 0 Å². The van der Waals surface area contributed by atoms with Gasteiger partial charge in [-0.1, -0.05) is 49.2 Å². The Balaban J connectivity index is 2.56. The van der Waals surface area contributed by atoms with Crippen LogP contribution in [0.5, 0.6) is 0 Å². The Bertz CT molecular complexity index is 612. The Hall–Kier alpha value is -1.62. The van der Waals surface area contributed by atoms with Crippen LogP contribution in [0.4, 0.5) is 13.2 Å². The molecule has 0 bridgehead atoms. The van der Waals surface area contributed by atoms with E-state index in [1.807, 2.05) is 13.0 Å². The molecule has 0 aliphatic heterocycles. The summed E-state index contributed by atoms with van der Waals surface area (Å²) >= 11 is 5.68. The third-order valence-corrected chi connectivity index (χ3v) is 2.99. The van der Waals surface area contributed by atoms with Crippen molar-refractivity contribution in [1.29, 1.82) is 0 Å². The molecule has 0 saturated heterocycles.